The van der Waals surface area contributed by atoms with E-state index in [4.69, 9.17) is 24.1 Å². The number of aromatic nitrogens is 2. The van der Waals surface area contributed by atoms with Crippen molar-refractivity contribution in [1.82, 2.24) is 15.3 Å². The summed E-state index contributed by atoms with van der Waals surface area (Å²) in [6, 6.07) is 9.44. The molecule has 3 aromatic rings. The second kappa shape index (κ2) is 10.5. The van der Waals surface area contributed by atoms with Crippen molar-refractivity contribution >= 4 is 22.8 Å². The van der Waals surface area contributed by atoms with Gasteiger partial charge in [0.25, 0.3) is 11.5 Å². The van der Waals surface area contributed by atoms with Crippen LogP contribution in [0, 0.1) is 5.82 Å². The van der Waals surface area contributed by atoms with Gasteiger partial charge in [-0.05, 0) is 29.8 Å². The molecule has 2 heterocycles. The first-order chi connectivity index (χ1) is 16.9. The van der Waals surface area contributed by atoms with Crippen LogP contribution in [0.25, 0.3) is 10.9 Å². The van der Waals surface area contributed by atoms with Crippen LogP contribution in [0.5, 0.6) is 11.5 Å². The molecule has 11 nitrogen and oxygen atoms in total. The van der Waals surface area contributed by atoms with Gasteiger partial charge in [0.05, 0.1) is 25.8 Å². The van der Waals surface area contributed by atoms with E-state index in [1.165, 1.54) is 13.2 Å². The Bertz CT molecular complexity index is 1300. The fraction of sp³-hybridized carbons (Fsp3) is 0.304. The predicted octanol–water partition coefficient (Wildman–Crippen LogP) is 1.25. The number of carboxylic acid groups (broad SMARTS) is 1. The van der Waals surface area contributed by atoms with Crippen LogP contribution in [0.15, 0.2) is 41.2 Å². The third-order valence-corrected chi connectivity index (χ3v) is 5.24. The van der Waals surface area contributed by atoms with E-state index < -0.39 is 35.5 Å². The molecule has 2 aromatic carbocycles. The molecule has 0 radical (unpaired) electrons. The Kier molecular flexibility index (Phi) is 7.22. The van der Waals surface area contributed by atoms with E-state index in [1.54, 1.807) is 24.3 Å². The van der Waals surface area contributed by atoms with Gasteiger partial charge in [-0.3, -0.25) is 9.59 Å². The number of carbonyl (C=O) groups excluding carboxylic acids is 1. The molecule has 0 aliphatic carbocycles. The van der Waals surface area contributed by atoms with Gasteiger partial charge in [0, 0.05) is 6.54 Å². The number of fused-ring (bicyclic) bond motifs is 1. The molecule has 4 rings (SSSR count). The number of ether oxygens (including phenoxy) is 4. The molecular formula is C23H22FN3O8. The average Bonchev–Trinajstić information content (AvgIpc) is 2.87. The average molecular weight is 487 g/mol. The SMILES string of the molecule is COc1cccc(CNC(=O)c2nc3ccc(F)c(OCC4COC(C(=O)O)CO4)c3c(=O)[nH]2)c1. The minimum atomic E-state index is -1.15. The summed E-state index contributed by atoms with van der Waals surface area (Å²) in [4.78, 5) is 42.7. The summed E-state index contributed by atoms with van der Waals surface area (Å²) in [7, 11) is 1.53. The minimum Gasteiger partial charge on any atom is -0.497 e. The third kappa shape index (κ3) is 5.55. The molecule has 3 N–H and O–H groups in total. The van der Waals surface area contributed by atoms with Crippen molar-refractivity contribution in [2.75, 3.05) is 26.9 Å². The lowest BCUT2D eigenvalue weighted by molar-refractivity contribution is -0.178. The number of hydrogen-bond donors (Lipinski definition) is 3. The Hall–Kier alpha value is -4.03. The van der Waals surface area contributed by atoms with E-state index in [1.807, 2.05) is 0 Å². The highest BCUT2D eigenvalue weighted by atomic mass is 19.1. The monoisotopic (exact) mass is 487 g/mol. The highest BCUT2D eigenvalue weighted by Crippen LogP contribution is 2.26. The fourth-order valence-corrected chi connectivity index (χ4v) is 3.43. The third-order valence-electron chi connectivity index (χ3n) is 5.24. The molecule has 2 atom stereocenters. The summed E-state index contributed by atoms with van der Waals surface area (Å²) in [6.07, 6.45) is -1.74. The number of hydrogen-bond acceptors (Lipinski definition) is 8. The highest BCUT2D eigenvalue weighted by Gasteiger charge is 2.28. The number of H-pyrrole nitrogens is 1. The van der Waals surface area contributed by atoms with Crippen LogP contribution in [0.4, 0.5) is 4.39 Å². The first kappa shape index (κ1) is 24.1. The zero-order valence-corrected chi connectivity index (χ0v) is 18.6. The summed E-state index contributed by atoms with van der Waals surface area (Å²) >= 11 is 0. The summed E-state index contributed by atoms with van der Waals surface area (Å²) in [6.45, 7) is -0.278. The van der Waals surface area contributed by atoms with Gasteiger partial charge >= 0.3 is 5.97 Å². The summed E-state index contributed by atoms with van der Waals surface area (Å²) in [5.41, 5.74) is 0.0772. The first-order valence-corrected chi connectivity index (χ1v) is 10.6. The van der Waals surface area contributed by atoms with E-state index in [0.717, 1.165) is 11.6 Å². The molecule has 1 saturated heterocycles. The zero-order chi connectivity index (χ0) is 24.9. The fourth-order valence-electron chi connectivity index (χ4n) is 3.43. The second-order valence-electron chi connectivity index (χ2n) is 7.65. The van der Waals surface area contributed by atoms with Crippen LogP contribution in [-0.4, -0.2) is 66.1 Å². The van der Waals surface area contributed by atoms with Crippen LogP contribution < -0.4 is 20.3 Å². The number of carboxylic acids is 1. The maximum atomic E-state index is 14.5. The van der Waals surface area contributed by atoms with E-state index in [-0.39, 0.29) is 48.8 Å². The second-order valence-corrected chi connectivity index (χ2v) is 7.65. The molecule has 0 spiro atoms. The van der Waals surface area contributed by atoms with Gasteiger partial charge in [0.1, 0.15) is 23.8 Å². The van der Waals surface area contributed by atoms with E-state index in [2.05, 4.69) is 15.3 Å². The normalized spacial score (nSPS) is 17.7. The number of carbonyl (C=O) groups is 2. The lowest BCUT2D eigenvalue weighted by atomic mass is 10.2. The Balaban J connectivity index is 1.48. The Morgan fingerprint density at radius 3 is 2.80 bits per heavy atom. The first-order valence-electron chi connectivity index (χ1n) is 10.6. The Labute approximate surface area is 197 Å². The van der Waals surface area contributed by atoms with Gasteiger partial charge in [0.2, 0.25) is 0 Å². The van der Waals surface area contributed by atoms with Crippen LogP contribution in [-0.2, 0) is 20.8 Å². The zero-order valence-electron chi connectivity index (χ0n) is 18.6. The standard InChI is InChI=1S/C23H22FN3O8/c1-32-13-4-2-3-12(7-13)8-25-22(29)20-26-16-6-5-15(24)19(18(16)21(28)27-20)35-10-14-9-34-17(11-33-14)23(30)31/h2-7,14,17H,8-11H2,1H3,(H,25,29)(H,30,31)(H,26,27,28). The molecule has 1 aliphatic rings. The number of halogens is 1. The highest BCUT2D eigenvalue weighted by molar-refractivity contribution is 5.93. The van der Waals surface area contributed by atoms with Gasteiger partial charge in [-0.2, -0.15) is 0 Å². The molecule has 0 bridgehead atoms. The lowest BCUT2D eigenvalue weighted by Gasteiger charge is -2.27. The Morgan fingerprint density at radius 1 is 1.26 bits per heavy atom. The van der Waals surface area contributed by atoms with E-state index in [0.29, 0.717) is 5.75 Å². The smallest absolute Gasteiger partial charge is 0.335 e. The van der Waals surface area contributed by atoms with Crippen molar-refractivity contribution in [3.63, 3.8) is 0 Å². The largest absolute Gasteiger partial charge is 0.497 e. The topological polar surface area (TPSA) is 149 Å². The maximum Gasteiger partial charge on any atom is 0.335 e. The minimum absolute atomic E-state index is 0.0587. The number of amides is 1. The number of aromatic amines is 1. The number of benzene rings is 2. The maximum absolute atomic E-state index is 14.5. The van der Waals surface area contributed by atoms with E-state index >= 15 is 0 Å². The summed E-state index contributed by atoms with van der Waals surface area (Å²) in [5, 5.41) is 11.4. The Morgan fingerprint density at radius 2 is 2.09 bits per heavy atom. The van der Waals surface area contributed by atoms with Gasteiger partial charge in [-0.1, -0.05) is 12.1 Å². The van der Waals surface area contributed by atoms with Crippen molar-refractivity contribution in [3.8, 4) is 11.5 Å². The molecule has 1 fully saturated rings. The predicted molar refractivity (Wildman–Crippen MR) is 119 cm³/mol. The number of methoxy groups -OCH3 is 1. The summed E-state index contributed by atoms with van der Waals surface area (Å²) < 4.78 is 35.7. The van der Waals surface area contributed by atoms with Crippen molar-refractivity contribution in [2.24, 2.45) is 0 Å². The van der Waals surface area contributed by atoms with Gasteiger partial charge in [0.15, 0.2) is 23.5 Å². The lowest BCUT2D eigenvalue weighted by Crippen LogP contribution is -2.42. The molecule has 1 aromatic heterocycles. The molecule has 184 valence electrons. The van der Waals surface area contributed by atoms with Gasteiger partial charge in [-0.15, -0.1) is 0 Å². The van der Waals surface area contributed by atoms with Crippen LogP contribution in [0.1, 0.15) is 16.2 Å². The molecule has 0 saturated carbocycles. The van der Waals surface area contributed by atoms with Crippen LogP contribution in [0.2, 0.25) is 0 Å². The van der Waals surface area contributed by atoms with Crippen LogP contribution >= 0.6 is 0 Å². The van der Waals surface area contributed by atoms with Crippen molar-refractivity contribution in [3.05, 3.63) is 64.0 Å². The quantitative estimate of drug-likeness (QED) is 0.427. The van der Waals surface area contributed by atoms with Crippen molar-refractivity contribution in [1.29, 1.82) is 0 Å². The summed E-state index contributed by atoms with van der Waals surface area (Å²) in [5.74, 6) is -2.55. The molecule has 1 aliphatic heterocycles. The van der Waals surface area contributed by atoms with Gasteiger partial charge < -0.3 is 34.4 Å². The van der Waals surface area contributed by atoms with E-state index in [9.17, 15) is 18.8 Å². The molecule has 2 unspecified atom stereocenters. The van der Waals surface area contributed by atoms with Crippen molar-refractivity contribution in [2.45, 2.75) is 18.8 Å². The number of rotatable bonds is 8. The molecular weight excluding hydrogens is 465 g/mol. The number of nitrogens with zero attached hydrogens (tertiary/aromatic N) is 1. The number of aliphatic carboxylic acids is 1. The van der Waals surface area contributed by atoms with Gasteiger partial charge in [-0.25, -0.2) is 14.2 Å². The van der Waals surface area contributed by atoms with Crippen LogP contribution in [0.3, 0.4) is 0 Å². The molecule has 12 heteroatoms. The van der Waals surface area contributed by atoms with Crippen molar-refractivity contribution < 1.29 is 38.0 Å². The molecule has 35 heavy (non-hydrogen) atoms. The molecule has 1 amide bonds. The number of nitrogens with one attached hydrogen (secondary N) is 2.